The molecule has 0 spiro atoms. The summed E-state index contributed by atoms with van der Waals surface area (Å²) in [5.74, 6) is -0.227. The minimum Gasteiger partial charge on any atom is -0.359 e. The predicted octanol–water partition coefficient (Wildman–Crippen LogP) is 2.57. The van der Waals surface area contributed by atoms with Crippen molar-refractivity contribution in [1.82, 2.24) is 10.0 Å². The fraction of sp³-hybridized carbons (Fsp3) is 0.462. The molecule has 5 nitrogen and oxygen atoms in total. The van der Waals surface area contributed by atoms with Crippen molar-refractivity contribution in [3.63, 3.8) is 0 Å². The zero-order valence-corrected chi connectivity index (χ0v) is 16.2. The number of aryl methyl sites for hydroxylation is 1. The first-order chi connectivity index (χ1) is 9.51. The van der Waals surface area contributed by atoms with Gasteiger partial charge in [-0.25, -0.2) is 13.1 Å². The number of carbonyl (C=O) groups excluding carboxylic acids is 1. The third-order valence-corrected chi connectivity index (χ3v) is 6.26. The topological polar surface area (TPSA) is 75.3 Å². The normalized spacial score (nSPS) is 12.3. The Balaban J connectivity index is 3.03. The quantitative estimate of drug-likeness (QED) is 0.737. The summed E-state index contributed by atoms with van der Waals surface area (Å²) in [5, 5.41) is 2.52. The number of carbonyl (C=O) groups is 1. The first-order valence-corrected chi connectivity index (χ1v) is 9.25. The summed E-state index contributed by atoms with van der Waals surface area (Å²) in [4.78, 5) is 11.8. The van der Waals surface area contributed by atoms with Gasteiger partial charge in [-0.3, -0.25) is 4.79 Å². The Morgan fingerprint density at radius 1 is 1.24 bits per heavy atom. The van der Waals surface area contributed by atoms with Gasteiger partial charge >= 0.3 is 0 Å². The zero-order chi connectivity index (χ0) is 16.4. The van der Waals surface area contributed by atoms with E-state index in [2.05, 4.69) is 41.9 Å². The van der Waals surface area contributed by atoms with E-state index in [1.54, 1.807) is 19.9 Å². The maximum absolute atomic E-state index is 12.4. The minimum absolute atomic E-state index is 0.00689. The Labute approximate surface area is 142 Å². The maximum atomic E-state index is 12.4. The number of hydrogen-bond acceptors (Lipinski definition) is 3. The molecule has 0 bridgehead atoms. The van der Waals surface area contributed by atoms with Crippen molar-refractivity contribution < 1.29 is 13.2 Å². The van der Waals surface area contributed by atoms with Crippen LogP contribution in [0.5, 0.6) is 0 Å². The highest BCUT2D eigenvalue weighted by Crippen LogP contribution is 2.29. The van der Waals surface area contributed by atoms with Gasteiger partial charge in [0.1, 0.15) is 0 Å². The highest BCUT2D eigenvalue weighted by atomic mass is 79.9. The molecular formula is C13H18Br2N2O3S. The van der Waals surface area contributed by atoms with Crippen LogP contribution in [0.2, 0.25) is 0 Å². The first-order valence-electron chi connectivity index (χ1n) is 6.19. The molecule has 1 rings (SSSR count). The molecule has 0 saturated heterocycles. The number of sulfonamides is 1. The van der Waals surface area contributed by atoms with E-state index in [0.717, 1.165) is 5.56 Å². The largest absolute Gasteiger partial charge is 0.359 e. The number of hydrogen-bond donors (Lipinski definition) is 2. The molecule has 0 unspecified atom stereocenters. The lowest BCUT2D eigenvalue weighted by atomic mass is 9.93. The molecule has 0 fully saturated rings. The Bertz CT molecular complexity index is 658. The number of rotatable bonds is 5. The smallest absolute Gasteiger partial charge is 0.241 e. The van der Waals surface area contributed by atoms with Gasteiger partial charge in [-0.2, -0.15) is 0 Å². The van der Waals surface area contributed by atoms with Gasteiger partial charge in [0.25, 0.3) is 0 Å². The lowest BCUT2D eigenvalue weighted by Gasteiger charge is -2.23. The molecule has 0 saturated carbocycles. The van der Waals surface area contributed by atoms with Gasteiger partial charge in [-0.05, 0) is 54.4 Å². The SMILES string of the molecule is CNC(=O)C(C)(C)CNS(=O)(=O)c1cc(Br)c(C)cc1Br. The monoisotopic (exact) mass is 440 g/mol. The molecule has 0 atom stereocenters. The fourth-order valence-corrected chi connectivity index (χ4v) is 4.49. The van der Waals surface area contributed by atoms with Gasteiger partial charge in [0.2, 0.25) is 15.9 Å². The molecule has 118 valence electrons. The summed E-state index contributed by atoms with van der Waals surface area (Å²) in [5.41, 5.74) is 0.0856. The second-order valence-corrected chi connectivity index (χ2v) is 8.76. The highest BCUT2D eigenvalue weighted by molar-refractivity contribution is 9.11. The van der Waals surface area contributed by atoms with Crippen molar-refractivity contribution >= 4 is 47.8 Å². The molecule has 8 heteroatoms. The van der Waals surface area contributed by atoms with Gasteiger partial charge < -0.3 is 5.32 Å². The molecule has 0 heterocycles. The van der Waals surface area contributed by atoms with E-state index in [4.69, 9.17) is 0 Å². The summed E-state index contributed by atoms with van der Waals surface area (Å²) in [7, 11) is -2.19. The second-order valence-electron chi connectivity index (χ2n) is 5.32. The Morgan fingerprint density at radius 3 is 2.33 bits per heavy atom. The summed E-state index contributed by atoms with van der Waals surface area (Å²) in [6.07, 6.45) is 0. The molecule has 0 aliphatic carbocycles. The molecule has 1 aromatic rings. The molecule has 21 heavy (non-hydrogen) atoms. The van der Waals surface area contributed by atoms with Crippen LogP contribution in [0.15, 0.2) is 26.0 Å². The van der Waals surface area contributed by atoms with Crippen molar-refractivity contribution in [2.75, 3.05) is 13.6 Å². The summed E-state index contributed by atoms with van der Waals surface area (Å²) in [6, 6.07) is 3.26. The summed E-state index contributed by atoms with van der Waals surface area (Å²) < 4.78 is 28.4. The van der Waals surface area contributed by atoms with Crippen LogP contribution in [-0.2, 0) is 14.8 Å². The number of amides is 1. The zero-order valence-electron chi connectivity index (χ0n) is 12.3. The Kier molecular flexibility index (Phi) is 5.99. The fourth-order valence-electron chi connectivity index (χ4n) is 1.61. The van der Waals surface area contributed by atoms with Crippen LogP contribution in [0.3, 0.4) is 0 Å². The van der Waals surface area contributed by atoms with Crippen LogP contribution in [-0.4, -0.2) is 27.9 Å². The van der Waals surface area contributed by atoms with Crippen LogP contribution in [0.4, 0.5) is 0 Å². The lowest BCUT2D eigenvalue weighted by molar-refractivity contribution is -0.128. The third-order valence-electron chi connectivity index (χ3n) is 3.05. The molecule has 0 aliphatic heterocycles. The molecule has 0 radical (unpaired) electrons. The van der Waals surface area contributed by atoms with Crippen molar-refractivity contribution in [1.29, 1.82) is 0 Å². The number of nitrogens with one attached hydrogen (secondary N) is 2. The van der Waals surface area contributed by atoms with E-state index in [9.17, 15) is 13.2 Å². The van der Waals surface area contributed by atoms with Crippen molar-refractivity contribution in [2.24, 2.45) is 5.41 Å². The van der Waals surface area contributed by atoms with E-state index in [1.807, 2.05) is 6.92 Å². The Morgan fingerprint density at radius 2 is 1.81 bits per heavy atom. The molecule has 2 N–H and O–H groups in total. The van der Waals surface area contributed by atoms with E-state index < -0.39 is 15.4 Å². The molecule has 1 aromatic carbocycles. The average molecular weight is 442 g/mol. The van der Waals surface area contributed by atoms with Gasteiger partial charge in [0, 0.05) is 22.5 Å². The summed E-state index contributed by atoms with van der Waals surface area (Å²) >= 11 is 6.58. The van der Waals surface area contributed by atoms with E-state index in [-0.39, 0.29) is 17.3 Å². The maximum Gasteiger partial charge on any atom is 0.241 e. The van der Waals surface area contributed by atoms with Gasteiger partial charge in [-0.1, -0.05) is 15.9 Å². The number of halogens is 2. The minimum atomic E-state index is -3.71. The van der Waals surface area contributed by atoms with E-state index in [1.165, 1.54) is 13.1 Å². The lowest BCUT2D eigenvalue weighted by Crippen LogP contribution is -2.43. The third kappa shape index (κ3) is 4.51. The van der Waals surface area contributed by atoms with E-state index >= 15 is 0 Å². The Hall–Kier alpha value is -0.440. The van der Waals surface area contributed by atoms with Gasteiger partial charge in [0.05, 0.1) is 10.3 Å². The standard InChI is InChI=1S/C13H18Br2N2O3S/c1-8-5-10(15)11(6-9(8)14)21(19,20)17-7-13(2,3)12(18)16-4/h5-6,17H,7H2,1-4H3,(H,16,18). The molecule has 0 aliphatic rings. The number of benzene rings is 1. The van der Waals surface area contributed by atoms with Gasteiger partial charge in [0.15, 0.2) is 0 Å². The van der Waals surface area contributed by atoms with Crippen LogP contribution in [0.25, 0.3) is 0 Å². The van der Waals surface area contributed by atoms with E-state index in [0.29, 0.717) is 8.95 Å². The van der Waals surface area contributed by atoms with Gasteiger partial charge in [-0.15, -0.1) is 0 Å². The predicted molar refractivity (Wildman–Crippen MR) is 89.6 cm³/mol. The summed E-state index contributed by atoms with van der Waals surface area (Å²) in [6.45, 7) is 5.23. The molecular weight excluding hydrogens is 424 g/mol. The van der Waals surface area contributed by atoms with Crippen molar-refractivity contribution in [2.45, 2.75) is 25.7 Å². The average Bonchev–Trinajstić information content (AvgIpc) is 2.39. The van der Waals surface area contributed by atoms with Crippen LogP contribution >= 0.6 is 31.9 Å². The molecule has 0 aromatic heterocycles. The van der Waals surface area contributed by atoms with Crippen LogP contribution in [0.1, 0.15) is 19.4 Å². The highest BCUT2D eigenvalue weighted by Gasteiger charge is 2.29. The van der Waals surface area contributed by atoms with Crippen LogP contribution in [0, 0.1) is 12.3 Å². The first kappa shape index (κ1) is 18.6. The van der Waals surface area contributed by atoms with Crippen LogP contribution < -0.4 is 10.0 Å². The second kappa shape index (κ2) is 6.76. The van der Waals surface area contributed by atoms with Crippen molar-refractivity contribution in [3.8, 4) is 0 Å². The molecule has 1 amide bonds. The van der Waals surface area contributed by atoms with Crippen molar-refractivity contribution in [3.05, 3.63) is 26.6 Å².